The van der Waals surface area contributed by atoms with Crippen LogP contribution in [-0.4, -0.2) is 28.1 Å². The standard InChI is InChI=1S/C14H11N3O3/c18-7-12-15-6-9-5-8(1-3-11(9)16-12)10-2-4-13(19)17-14(10)20/h1,3,5-7,10H,2,4H2,(H,17,19,20). The summed E-state index contributed by atoms with van der Waals surface area (Å²) < 4.78 is 0. The molecule has 2 aromatic rings. The van der Waals surface area contributed by atoms with Gasteiger partial charge < -0.3 is 0 Å². The van der Waals surface area contributed by atoms with Crippen molar-refractivity contribution in [1.82, 2.24) is 15.3 Å². The Bertz CT molecular complexity index is 727. The number of amides is 2. The molecule has 1 aromatic carbocycles. The van der Waals surface area contributed by atoms with Crippen LogP contribution in [0.4, 0.5) is 0 Å². The number of rotatable bonds is 2. The van der Waals surface area contributed by atoms with Crippen LogP contribution in [0.3, 0.4) is 0 Å². The second-order valence-corrected chi connectivity index (χ2v) is 4.67. The highest BCUT2D eigenvalue weighted by molar-refractivity contribution is 6.01. The van der Waals surface area contributed by atoms with Crippen LogP contribution in [0, 0.1) is 0 Å². The van der Waals surface area contributed by atoms with E-state index in [0.29, 0.717) is 24.6 Å². The van der Waals surface area contributed by atoms with Crippen LogP contribution in [0.5, 0.6) is 0 Å². The number of imide groups is 1. The van der Waals surface area contributed by atoms with E-state index in [0.717, 1.165) is 10.9 Å². The van der Waals surface area contributed by atoms with Gasteiger partial charge in [0, 0.05) is 18.0 Å². The molecule has 1 aromatic heterocycles. The quantitative estimate of drug-likeness (QED) is 0.648. The number of nitrogens with zero attached hydrogens (tertiary/aromatic N) is 2. The number of hydrogen-bond donors (Lipinski definition) is 1. The lowest BCUT2D eigenvalue weighted by molar-refractivity contribution is -0.134. The first kappa shape index (κ1) is 12.4. The molecule has 0 saturated carbocycles. The molecule has 100 valence electrons. The second kappa shape index (κ2) is 4.80. The molecule has 1 fully saturated rings. The summed E-state index contributed by atoms with van der Waals surface area (Å²) in [7, 11) is 0. The van der Waals surface area contributed by atoms with Gasteiger partial charge in [-0.3, -0.25) is 19.7 Å². The van der Waals surface area contributed by atoms with Gasteiger partial charge in [-0.05, 0) is 24.1 Å². The van der Waals surface area contributed by atoms with Gasteiger partial charge in [0.1, 0.15) is 0 Å². The van der Waals surface area contributed by atoms with Crippen molar-refractivity contribution in [2.45, 2.75) is 18.8 Å². The van der Waals surface area contributed by atoms with Crippen LogP contribution in [0.25, 0.3) is 10.9 Å². The number of carbonyl (C=O) groups is 3. The summed E-state index contributed by atoms with van der Waals surface area (Å²) in [5, 5.41) is 3.10. The van der Waals surface area contributed by atoms with Crippen LogP contribution < -0.4 is 5.32 Å². The molecule has 6 heteroatoms. The third-order valence-corrected chi connectivity index (χ3v) is 3.37. The van der Waals surface area contributed by atoms with Crippen molar-refractivity contribution < 1.29 is 14.4 Å². The molecule has 6 nitrogen and oxygen atoms in total. The lowest BCUT2D eigenvalue weighted by Crippen LogP contribution is -2.39. The molecule has 2 heterocycles. The molecule has 0 bridgehead atoms. The smallest absolute Gasteiger partial charge is 0.234 e. The molecule has 0 radical (unpaired) electrons. The predicted molar refractivity (Wildman–Crippen MR) is 70.1 cm³/mol. The van der Waals surface area contributed by atoms with Crippen molar-refractivity contribution in [1.29, 1.82) is 0 Å². The number of nitrogens with one attached hydrogen (secondary N) is 1. The number of hydrogen-bond acceptors (Lipinski definition) is 5. The molecule has 0 aliphatic carbocycles. The van der Waals surface area contributed by atoms with Gasteiger partial charge in [-0.15, -0.1) is 0 Å². The highest BCUT2D eigenvalue weighted by Gasteiger charge is 2.27. The van der Waals surface area contributed by atoms with E-state index in [2.05, 4.69) is 15.3 Å². The van der Waals surface area contributed by atoms with Gasteiger partial charge in [-0.2, -0.15) is 0 Å². The molecule has 0 spiro atoms. The summed E-state index contributed by atoms with van der Waals surface area (Å²) in [6.45, 7) is 0. The lowest BCUT2D eigenvalue weighted by Gasteiger charge is -2.21. The van der Waals surface area contributed by atoms with Crippen LogP contribution in [0.15, 0.2) is 24.4 Å². The summed E-state index contributed by atoms with van der Waals surface area (Å²) in [6.07, 6.45) is 2.99. The van der Waals surface area contributed by atoms with Gasteiger partial charge in [-0.25, -0.2) is 9.97 Å². The maximum atomic E-state index is 11.8. The van der Waals surface area contributed by atoms with Crippen molar-refractivity contribution in [2.24, 2.45) is 0 Å². The third kappa shape index (κ3) is 2.16. The fourth-order valence-corrected chi connectivity index (χ4v) is 2.35. The molecule has 20 heavy (non-hydrogen) atoms. The fraction of sp³-hybridized carbons (Fsp3) is 0.214. The molecule has 1 unspecified atom stereocenters. The Morgan fingerprint density at radius 2 is 2.15 bits per heavy atom. The Balaban J connectivity index is 1.98. The molecular formula is C14H11N3O3. The second-order valence-electron chi connectivity index (χ2n) is 4.67. The van der Waals surface area contributed by atoms with Crippen molar-refractivity contribution >= 4 is 29.0 Å². The summed E-state index contributed by atoms with van der Waals surface area (Å²) in [6, 6.07) is 5.37. The van der Waals surface area contributed by atoms with Crippen LogP contribution >= 0.6 is 0 Å². The van der Waals surface area contributed by atoms with Crippen molar-refractivity contribution in [2.75, 3.05) is 0 Å². The number of benzene rings is 1. The number of piperidine rings is 1. The van der Waals surface area contributed by atoms with E-state index in [1.165, 1.54) is 0 Å². The zero-order chi connectivity index (χ0) is 14.1. The summed E-state index contributed by atoms with van der Waals surface area (Å²) >= 11 is 0. The topological polar surface area (TPSA) is 89.0 Å². The molecule has 3 rings (SSSR count). The number of aromatic nitrogens is 2. The van der Waals surface area contributed by atoms with Crippen LogP contribution in [-0.2, 0) is 9.59 Å². The van der Waals surface area contributed by atoms with Gasteiger partial charge >= 0.3 is 0 Å². The van der Waals surface area contributed by atoms with Gasteiger partial charge in [-0.1, -0.05) is 6.07 Å². The summed E-state index contributed by atoms with van der Waals surface area (Å²) in [4.78, 5) is 41.6. The minimum Gasteiger partial charge on any atom is -0.296 e. The maximum Gasteiger partial charge on any atom is 0.234 e. The molecule has 1 atom stereocenters. The lowest BCUT2D eigenvalue weighted by atomic mass is 9.90. The summed E-state index contributed by atoms with van der Waals surface area (Å²) in [5.74, 6) is -0.703. The minimum atomic E-state index is -0.331. The van der Waals surface area contributed by atoms with Crippen molar-refractivity contribution in [3.63, 3.8) is 0 Å². The minimum absolute atomic E-state index is 0.131. The zero-order valence-corrected chi connectivity index (χ0v) is 10.5. The van der Waals surface area contributed by atoms with E-state index in [1.54, 1.807) is 18.3 Å². The number of aldehydes is 1. The van der Waals surface area contributed by atoms with E-state index in [-0.39, 0.29) is 23.6 Å². The van der Waals surface area contributed by atoms with Crippen molar-refractivity contribution in [3.05, 3.63) is 35.8 Å². The van der Waals surface area contributed by atoms with Gasteiger partial charge in [0.2, 0.25) is 11.8 Å². The van der Waals surface area contributed by atoms with E-state index < -0.39 is 0 Å². The van der Waals surface area contributed by atoms with E-state index in [4.69, 9.17) is 0 Å². The maximum absolute atomic E-state index is 11.8. The van der Waals surface area contributed by atoms with Gasteiger partial charge in [0.15, 0.2) is 12.1 Å². The first-order valence-corrected chi connectivity index (χ1v) is 6.23. The van der Waals surface area contributed by atoms with Crippen LogP contribution in [0.1, 0.15) is 34.9 Å². The number of carbonyl (C=O) groups excluding carboxylic acids is 3. The molecule has 1 aliphatic heterocycles. The van der Waals surface area contributed by atoms with E-state index in [1.807, 2.05) is 6.07 Å². The van der Waals surface area contributed by atoms with Crippen molar-refractivity contribution in [3.8, 4) is 0 Å². The van der Waals surface area contributed by atoms with Crippen LogP contribution in [0.2, 0.25) is 0 Å². The van der Waals surface area contributed by atoms with Gasteiger partial charge in [0.05, 0.1) is 11.4 Å². The average molecular weight is 269 g/mol. The molecule has 2 amide bonds. The predicted octanol–water partition coefficient (Wildman–Crippen LogP) is 0.962. The monoisotopic (exact) mass is 269 g/mol. The fourth-order valence-electron chi connectivity index (χ4n) is 2.35. The van der Waals surface area contributed by atoms with Gasteiger partial charge in [0.25, 0.3) is 0 Å². The highest BCUT2D eigenvalue weighted by Crippen LogP contribution is 2.26. The Morgan fingerprint density at radius 1 is 1.30 bits per heavy atom. The normalized spacial score (nSPS) is 18.9. The molecule has 1 saturated heterocycles. The Labute approximate surface area is 114 Å². The van der Waals surface area contributed by atoms with E-state index in [9.17, 15) is 14.4 Å². The molecule has 1 aliphatic rings. The molecule has 1 N–H and O–H groups in total. The Morgan fingerprint density at radius 3 is 2.90 bits per heavy atom. The van der Waals surface area contributed by atoms with E-state index >= 15 is 0 Å². The Kier molecular flexibility index (Phi) is 2.98. The first-order valence-electron chi connectivity index (χ1n) is 6.23. The SMILES string of the molecule is O=Cc1ncc2cc(C3CCC(=O)NC3=O)ccc2n1. The molecular weight excluding hydrogens is 258 g/mol. The third-order valence-electron chi connectivity index (χ3n) is 3.37. The number of fused-ring (bicyclic) bond motifs is 1. The average Bonchev–Trinajstić information content (AvgIpc) is 2.46. The largest absolute Gasteiger partial charge is 0.296 e. The first-order chi connectivity index (χ1) is 9.67. The summed E-state index contributed by atoms with van der Waals surface area (Å²) in [5.41, 5.74) is 1.48. The Hall–Kier alpha value is -2.63. The highest BCUT2D eigenvalue weighted by atomic mass is 16.2. The zero-order valence-electron chi connectivity index (χ0n) is 10.5.